The fourth-order valence-electron chi connectivity index (χ4n) is 3.16. The Morgan fingerprint density at radius 3 is 2.63 bits per heavy atom. The molecule has 2 heterocycles. The van der Waals surface area contributed by atoms with Crippen molar-refractivity contribution < 1.29 is 4.79 Å². The fraction of sp³-hybridized carbons (Fsp3) is 0.250. The van der Waals surface area contributed by atoms with Crippen molar-refractivity contribution in [2.24, 2.45) is 0 Å². The van der Waals surface area contributed by atoms with Gasteiger partial charge in [-0.3, -0.25) is 4.79 Å². The third-order valence-corrected chi connectivity index (χ3v) is 5.86. The predicted octanol–water partition coefficient (Wildman–Crippen LogP) is 3.55. The average molecular weight is 379 g/mol. The first-order valence-corrected chi connectivity index (χ1v) is 9.84. The average Bonchev–Trinajstić information content (AvgIpc) is 3.11. The molecule has 138 valence electrons. The molecule has 0 spiro atoms. The molecule has 0 saturated heterocycles. The van der Waals surface area contributed by atoms with E-state index in [1.54, 1.807) is 0 Å². The van der Waals surface area contributed by atoms with Gasteiger partial charge in [-0.25, -0.2) is 4.68 Å². The number of aryl methyl sites for hydroxylation is 2. The monoisotopic (exact) mass is 379 g/mol. The third kappa shape index (κ3) is 3.42. The van der Waals surface area contributed by atoms with E-state index in [1.807, 2.05) is 73.1 Å². The lowest BCUT2D eigenvalue weighted by Gasteiger charge is -2.33. The van der Waals surface area contributed by atoms with Gasteiger partial charge >= 0.3 is 0 Å². The van der Waals surface area contributed by atoms with E-state index in [0.717, 1.165) is 29.1 Å². The van der Waals surface area contributed by atoms with Crippen LogP contribution in [0.4, 0.5) is 5.69 Å². The Hall–Kier alpha value is -2.80. The number of rotatable bonds is 4. The molecule has 2 atom stereocenters. The summed E-state index contributed by atoms with van der Waals surface area (Å²) in [7, 11) is 0. The molecular weight excluding hydrogens is 358 g/mol. The second-order valence-electron chi connectivity index (χ2n) is 6.45. The number of anilines is 1. The van der Waals surface area contributed by atoms with Crippen LogP contribution in [-0.2, 0) is 11.2 Å². The van der Waals surface area contributed by atoms with Crippen LogP contribution in [0.15, 0.2) is 59.8 Å². The molecule has 1 aliphatic rings. The maximum Gasteiger partial charge on any atom is 0.240 e. The molecule has 7 heteroatoms. The van der Waals surface area contributed by atoms with Gasteiger partial charge in [0, 0.05) is 12.1 Å². The number of nitrogens with one attached hydrogen (secondary N) is 2. The minimum absolute atomic E-state index is 0.0528. The predicted molar refractivity (Wildman–Crippen MR) is 107 cm³/mol. The van der Waals surface area contributed by atoms with Gasteiger partial charge in [0.05, 0.1) is 6.04 Å². The van der Waals surface area contributed by atoms with Gasteiger partial charge in [-0.2, -0.15) is 0 Å². The van der Waals surface area contributed by atoms with E-state index in [4.69, 9.17) is 0 Å². The molecule has 0 aliphatic carbocycles. The Bertz CT molecular complexity index is 956. The number of amides is 1. The minimum Gasteiger partial charge on any atom is -0.325 e. The zero-order valence-corrected chi connectivity index (χ0v) is 16.0. The topological polar surface area (TPSA) is 71.8 Å². The number of carbonyl (C=O) groups excluding carboxylic acids is 1. The summed E-state index contributed by atoms with van der Waals surface area (Å²) in [5, 5.41) is 11.9. The standard InChI is InChI=1S/C20H21N5OS/c1-3-16-22-23-20-25(16)24-17(14-10-5-4-6-11-14)18(27-20)19(26)21-15-12-8-7-9-13(15)2/h4-12,17-18,24H,3H2,1-2H3,(H,21,26)/t17-,18+/m1/s1. The Balaban J connectivity index is 1.68. The molecule has 1 aromatic heterocycles. The lowest BCUT2D eigenvalue weighted by Crippen LogP contribution is -2.41. The van der Waals surface area contributed by atoms with Gasteiger partial charge in [0.25, 0.3) is 0 Å². The number of hydrogen-bond donors (Lipinski definition) is 2. The Morgan fingerprint density at radius 1 is 1.15 bits per heavy atom. The molecule has 1 amide bonds. The zero-order valence-electron chi connectivity index (χ0n) is 15.2. The summed E-state index contributed by atoms with van der Waals surface area (Å²) in [6.07, 6.45) is 0.766. The van der Waals surface area contributed by atoms with Crippen LogP contribution in [0.2, 0.25) is 0 Å². The smallest absolute Gasteiger partial charge is 0.240 e. The van der Waals surface area contributed by atoms with Crippen LogP contribution >= 0.6 is 11.8 Å². The Labute approximate surface area is 162 Å². The van der Waals surface area contributed by atoms with Crippen molar-refractivity contribution in [2.75, 3.05) is 10.7 Å². The van der Waals surface area contributed by atoms with Crippen LogP contribution < -0.4 is 10.7 Å². The Morgan fingerprint density at radius 2 is 1.89 bits per heavy atom. The summed E-state index contributed by atoms with van der Waals surface area (Å²) in [4.78, 5) is 13.2. The second-order valence-corrected chi connectivity index (χ2v) is 7.56. The van der Waals surface area contributed by atoms with Gasteiger partial charge in [-0.15, -0.1) is 10.2 Å². The number of aromatic nitrogens is 3. The van der Waals surface area contributed by atoms with Gasteiger partial charge in [-0.05, 0) is 24.1 Å². The zero-order chi connectivity index (χ0) is 18.8. The maximum absolute atomic E-state index is 13.2. The Kier molecular flexibility index (Phi) is 4.85. The van der Waals surface area contributed by atoms with Gasteiger partial charge in [0.15, 0.2) is 5.82 Å². The quantitative estimate of drug-likeness (QED) is 0.725. The van der Waals surface area contributed by atoms with Crippen molar-refractivity contribution in [3.8, 4) is 0 Å². The summed E-state index contributed by atoms with van der Waals surface area (Å²) in [6.45, 7) is 4.03. The van der Waals surface area contributed by atoms with E-state index in [9.17, 15) is 4.79 Å². The number of carbonyl (C=O) groups is 1. The SMILES string of the molecule is CCc1nnc2n1N[C@H](c1ccccc1)[C@@H](C(=O)Nc1ccccc1C)S2. The van der Waals surface area contributed by atoms with Gasteiger partial charge in [0.2, 0.25) is 11.1 Å². The van der Waals surface area contributed by atoms with E-state index >= 15 is 0 Å². The highest BCUT2D eigenvalue weighted by molar-refractivity contribution is 8.00. The summed E-state index contributed by atoms with van der Waals surface area (Å²) in [6, 6.07) is 17.6. The van der Waals surface area contributed by atoms with E-state index < -0.39 is 0 Å². The number of hydrogen-bond acceptors (Lipinski definition) is 5. The number of benzene rings is 2. The molecule has 4 rings (SSSR count). The van der Waals surface area contributed by atoms with E-state index in [-0.39, 0.29) is 17.2 Å². The normalized spacial score (nSPS) is 18.4. The molecular formula is C20H21N5OS. The van der Waals surface area contributed by atoms with Crippen LogP contribution in [0.25, 0.3) is 0 Å². The first-order chi connectivity index (χ1) is 13.2. The first kappa shape index (κ1) is 17.6. The molecule has 6 nitrogen and oxygen atoms in total. The van der Waals surface area contributed by atoms with Crippen molar-refractivity contribution in [1.82, 2.24) is 14.9 Å². The lowest BCUT2D eigenvalue weighted by molar-refractivity contribution is -0.116. The van der Waals surface area contributed by atoms with Crippen LogP contribution in [0.5, 0.6) is 0 Å². The van der Waals surface area contributed by atoms with Crippen LogP contribution in [0.3, 0.4) is 0 Å². The summed E-state index contributed by atoms with van der Waals surface area (Å²) in [5.74, 6) is 0.805. The first-order valence-electron chi connectivity index (χ1n) is 8.96. The van der Waals surface area contributed by atoms with Crippen molar-refractivity contribution in [2.45, 2.75) is 36.7 Å². The summed E-state index contributed by atoms with van der Waals surface area (Å²) < 4.78 is 1.90. The van der Waals surface area contributed by atoms with Crippen LogP contribution in [0, 0.1) is 6.92 Å². The fourth-order valence-corrected chi connectivity index (χ4v) is 4.25. The van der Waals surface area contributed by atoms with Crippen molar-refractivity contribution >= 4 is 23.4 Å². The molecule has 0 bridgehead atoms. The lowest BCUT2D eigenvalue weighted by atomic mass is 10.0. The molecule has 1 aliphatic heterocycles. The highest BCUT2D eigenvalue weighted by atomic mass is 32.2. The molecule has 0 unspecified atom stereocenters. The number of thioether (sulfide) groups is 1. The molecule has 0 saturated carbocycles. The van der Waals surface area contributed by atoms with Crippen LogP contribution in [0.1, 0.15) is 29.9 Å². The molecule has 0 radical (unpaired) electrons. The van der Waals surface area contributed by atoms with E-state index in [1.165, 1.54) is 11.8 Å². The largest absolute Gasteiger partial charge is 0.325 e. The molecule has 2 N–H and O–H groups in total. The van der Waals surface area contributed by atoms with Gasteiger partial charge in [0.1, 0.15) is 5.25 Å². The minimum atomic E-state index is -0.367. The second kappa shape index (κ2) is 7.44. The third-order valence-electron chi connectivity index (χ3n) is 4.64. The van der Waals surface area contributed by atoms with Gasteiger partial charge in [-0.1, -0.05) is 67.2 Å². The van der Waals surface area contributed by atoms with Crippen molar-refractivity contribution in [3.05, 3.63) is 71.5 Å². The number of fused-ring (bicyclic) bond motifs is 1. The molecule has 27 heavy (non-hydrogen) atoms. The maximum atomic E-state index is 13.2. The van der Waals surface area contributed by atoms with Crippen molar-refractivity contribution in [3.63, 3.8) is 0 Å². The summed E-state index contributed by atoms with van der Waals surface area (Å²) >= 11 is 1.44. The van der Waals surface area contributed by atoms with E-state index in [0.29, 0.717) is 5.16 Å². The van der Waals surface area contributed by atoms with Crippen LogP contribution in [-0.4, -0.2) is 26.0 Å². The van der Waals surface area contributed by atoms with E-state index in [2.05, 4.69) is 20.9 Å². The molecule has 3 aromatic rings. The number of para-hydroxylation sites is 1. The van der Waals surface area contributed by atoms with Crippen molar-refractivity contribution in [1.29, 1.82) is 0 Å². The molecule has 2 aromatic carbocycles. The highest BCUT2D eigenvalue weighted by Crippen LogP contribution is 2.37. The highest BCUT2D eigenvalue weighted by Gasteiger charge is 2.37. The molecule has 0 fully saturated rings. The van der Waals surface area contributed by atoms with Gasteiger partial charge < -0.3 is 10.7 Å². The number of nitrogens with zero attached hydrogens (tertiary/aromatic N) is 3. The summed E-state index contributed by atoms with van der Waals surface area (Å²) in [5.41, 5.74) is 6.37.